The maximum absolute atomic E-state index is 14.1. The maximum Gasteiger partial charge on any atom is 0.258 e. The van der Waals surface area contributed by atoms with Crippen LogP contribution < -0.4 is 15.0 Å². The second-order valence-corrected chi connectivity index (χ2v) is 9.83. The Bertz CT molecular complexity index is 1310. The van der Waals surface area contributed by atoms with Gasteiger partial charge in [0.2, 0.25) is 10.0 Å². The summed E-state index contributed by atoms with van der Waals surface area (Å²) in [5.41, 5.74) is 0.786. The Morgan fingerprint density at radius 3 is 2.31 bits per heavy atom. The predicted molar refractivity (Wildman–Crippen MR) is 129 cm³/mol. The molecule has 1 aliphatic rings. The van der Waals surface area contributed by atoms with Crippen LogP contribution in [0.4, 0.5) is 20.2 Å². The number of ether oxygens (including phenoxy) is 1. The zero-order valence-corrected chi connectivity index (χ0v) is 19.9. The molecule has 7 nitrogen and oxygen atoms in total. The molecule has 1 saturated heterocycles. The van der Waals surface area contributed by atoms with E-state index >= 15 is 0 Å². The van der Waals surface area contributed by atoms with Gasteiger partial charge in [0, 0.05) is 31.9 Å². The summed E-state index contributed by atoms with van der Waals surface area (Å²) in [5.74, 6) is -1.46. The zero-order valence-electron chi connectivity index (χ0n) is 19.1. The molecule has 0 spiro atoms. The van der Waals surface area contributed by atoms with E-state index in [9.17, 15) is 22.0 Å². The van der Waals surface area contributed by atoms with Crippen molar-refractivity contribution in [2.24, 2.45) is 0 Å². The van der Waals surface area contributed by atoms with Crippen molar-refractivity contribution in [1.29, 1.82) is 0 Å². The molecule has 3 aromatic carbocycles. The number of sulfonamides is 1. The number of anilines is 2. The third-order valence-corrected chi connectivity index (χ3v) is 7.58. The summed E-state index contributed by atoms with van der Waals surface area (Å²) < 4.78 is 60.9. The van der Waals surface area contributed by atoms with Crippen LogP contribution in [0.3, 0.4) is 0 Å². The summed E-state index contributed by atoms with van der Waals surface area (Å²) in [6.45, 7) is 3.42. The van der Waals surface area contributed by atoms with E-state index in [1.807, 2.05) is 4.90 Å². The summed E-state index contributed by atoms with van der Waals surface area (Å²) in [4.78, 5) is 14.6. The lowest BCUT2D eigenvalue weighted by molar-refractivity contribution is 0.102. The first-order valence-corrected chi connectivity index (χ1v) is 12.6. The number of piperazine rings is 1. The van der Waals surface area contributed by atoms with Crippen LogP contribution in [0, 0.1) is 11.6 Å². The van der Waals surface area contributed by atoms with Gasteiger partial charge in [-0.25, -0.2) is 17.2 Å². The number of nitrogens with zero attached hydrogens (tertiary/aromatic N) is 2. The molecule has 10 heteroatoms. The summed E-state index contributed by atoms with van der Waals surface area (Å²) in [6, 6.07) is 15.8. The molecule has 3 aromatic rings. The van der Waals surface area contributed by atoms with Crippen molar-refractivity contribution < 1.29 is 26.7 Å². The van der Waals surface area contributed by atoms with Gasteiger partial charge < -0.3 is 15.0 Å². The standard InChI is InChI=1S/C25H25F2N3O4S/c1-2-34-24-12-11-20(17-23(24)28-25(31)21-5-3-4-6-22(21)27)35(32,33)30-15-13-29(14-16-30)19-9-7-18(26)8-10-19/h3-12,17H,2,13-16H2,1H3,(H,28,31). The number of hydrogen-bond acceptors (Lipinski definition) is 5. The largest absolute Gasteiger partial charge is 0.492 e. The molecule has 0 aliphatic carbocycles. The van der Waals surface area contributed by atoms with E-state index in [4.69, 9.17) is 4.74 Å². The average molecular weight is 502 g/mol. The van der Waals surface area contributed by atoms with Crippen molar-refractivity contribution in [2.45, 2.75) is 11.8 Å². The average Bonchev–Trinajstić information content (AvgIpc) is 2.86. The Morgan fingerprint density at radius 2 is 1.66 bits per heavy atom. The molecule has 1 fully saturated rings. The molecule has 1 heterocycles. The molecule has 184 valence electrons. The highest BCUT2D eigenvalue weighted by atomic mass is 32.2. The Morgan fingerprint density at radius 1 is 0.971 bits per heavy atom. The van der Waals surface area contributed by atoms with E-state index in [1.165, 1.54) is 58.9 Å². The summed E-state index contributed by atoms with van der Waals surface area (Å²) in [5, 5.41) is 2.58. The number of hydrogen-bond donors (Lipinski definition) is 1. The highest BCUT2D eigenvalue weighted by molar-refractivity contribution is 7.89. The van der Waals surface area contributed by atoms with Gasteiger partial charge in [0.1, 0.15) is 17.4 Å². The highest BCUT2D eigenvalue weighted by Crippen LogP contribution is 2.30. The van der Waals surface area contributed by atoms with Crippen LogP contribution in [0.25, 0.3) is 0 Å². The van der Waals surface area contributed by atoms with E-state index in [1.54, 1.807) is 19.1 Å². The molecular weight excluding hydrogens is 476 g/mol. The number of halogens is 2. The SMILES string of the molecule is CCOc1ccc(S(=O)(=O)N2CCN(c3ccc(F)cc3)CC2)cc1NC(=O)c1ccccc1F. The minimum absolute atomic E-state index is 0.0139. The van der Waals surface area contributed by atoms with Gasteiger partial charge in [-0.1, -0.05) is 12.1 Å². The molecule has 0 bridgehead atoms. The Labute approximate surface area is 203 Å². The third-order valence-electron chi connectivity index (χ3n) is 5.69. The molecule has 0 saturated carbocycles. The number of carbonyl (C=O) groups is 1. The first kappa shape index (κ1) is 24.6. The van der Waals surface area contributed by atoms with Gasteiger partial charge in [-0.05, 0) is 61.5 Å². The summed E-state index contributed by atoms with van der Waals surface area (Å²) in [7, 11) is -3.87. The number of benzene rings is 3. The molecule has 0 radical (unpaired) electrons. The van der Waals surface area contributed by atoms with E-state index < -0.39 is 21.7 Å². The minimum atomic E-state index is -3.87. The third kappa shape index (κ3) is 5.44. The van der Waals surface area contributed by atoms with Crippen LogP contribution in [0.5, 0.6) is 5.75 Å². The van der Waals surface area contributed by atoms with Gasteiger partial charge in [-0.3, -0.25) is 4.79 Å². The monoisotopic (exact) mass is 501 g/mol. The first-order chi connectivity index (χ1) is 16.8. The fourth-order valence-electron chi connectivity index (χ4n) is 3.87. The number of carbonyl (C=O) groups excluding carboxylic acids is 1. The van der Waals surface area contributed by atoms with Crippen LogP contribution in [0.15, 0.2) is 71.6 Å². The molecular formula is C25H25F2N3O4S. The molecule has 4 rings (SSSR count). The molecule has 35 heavy (non-hydrogen) atoms. The van der Waals surface area contributed by atoms with Gasteiger partial charge in [0.15, 0.2) is 0 Å². The van der Waals surface area contributed by atoms with Crippen molar-refractivity contribution in [3.05, 3.63) is 83.9 Å². The second-order valence-electron chi connectivity index (χ2n) is 7.89. The number of nitrogens with one attached hydrogen (secondary N) is 1. The van der Waals surface area contributed by atoms with Crippen LogP contribution in [0.1, 0.15) is 17.3 Å². The molecule has 1 amide bonds. The van der Waals surface area contributed by atoms with Crippen LogP contribution >= 0.6 is 0 Å². The number of amides is 1. The lowest BCUT2D eigenvalue weighted by Crippen LogP contribution is -2.48. The van der Waals surface area contributed by atoms with Gasteiger partial charge in [-0.15, -0.1) is 0 Å². The molecule has 0 atom stereocenters. The zero-order chi connectivity index (χ0) is 25.0. The van der Waals surface area contributed by atoms with Crippen LogP contribution in [0.2, 0.25) is 0 Å². The normalized spacial score (nSPS) is 14.5. The molecule has 1 aliphatic heterocycles. The fourth-order valence-corrected chi connectivity index (χ4v) is 5.32. The summed E-state index contributed by atoms with van der Waals surface area (Å²) in [6.07, 6.45) is 0. The predicted octanol–water partition coefficient (Wildman–Crippen LogP) is 4.13. The van der Waals surface area contributed by atoms with Crippen molar-refractivity contribution in [3.63, 3.8) is 0 Å². The highest BCUT2D eigenvalue weighted by Gasteiger charge is 2.29. The van der Waals surface area contributed by atoms with Crippen molar-refractivity contribution in [1.82, 2.24) is 4.31 Å². The Balaban J connectivity index is 1.54. The fraction of sp³-hybridized carbons (Fsp3) is 0.240. The molecule has 1 N–H and O–H groups in total. The van der Waals surface area contributed by atoms with E-state index in [0.29, 0.717) is 19.7 Å². The molecule has 0 aromatic heterocycles. The minimum Gasteiger partial charge on any atom is -0.492 e. The van der Waals surface area contributed by atoms with Gasteiger partial charge in [-0.2, -0.15) is 4.31 Å². The smallest absolute Gasteiger partial charge is 0.258 e. The van der Waals surface area contributed by atoms with Gasteiger partial charge in [0.05, 0.1) is 22.8 Å². The maximum atomic E-state index is 14.1. The second kappa shape index (κ2) is 10.4. The topological polar surface area (TPSA) is 79.0 Å². The number of rotatable bonds is 7. The Kier molecular flexibility index (Phi) is 7.32. The van der Waals surface area contributed by atoms with Gasteiger partial charge >= 0.3 is 0 Å². The van der Waals surface area contributed by atoms with Gasteiger partial charge in [0.25, 0.3) is 5.91 Å². The quantitative estimate of drug-likeness (QED) is 0.527. The Hall–Kier alpha value is -3.50. The lowest BCUT2D eigenvalue weighted by Gasteiger charge is -2.35. The van der Waals surface area contributed by atoms with Crippen molar-refractivity contribution in [2.75, 3.05) is 43.0 Å². The van der Waals surface area contributed by atoms with E-state index in [-0.39, 0.29) is 40.8 Å². The van der Waals surface area contributed by atoms with Crippen LogP contribution in [-0.2, 0) is 10.0 Å². The lowest BCUT2D eigenvalue weighted by atomic mass is 10.2. The van der Waals surface area contributed by atoms with Crippen molar-refractivity contribution in [3.8, 4) is 5.75 Å². The van der Waals surface area contributed by atoms with E-state index in [2.05, 4.69) is 5.32 Å². The van der Waals surface area contributed by atoms with E-state index in [0.717, 1.165) is 5.69 Å². The first-order valence-electron chi connectivity index (χ1n) is 11.1. The summed E-state index contributed by atoms with van der Waals surface area (Å²) >= 11 is 0. The van der Waals surface area contributed by atoms with Crippen LogP contribution in [-0.4, -0.2) is 51.4 Å². The molecule has 0 unspecified atom stereocenters. The van der Waals surface area contributed by atoms with Crippen molar-refractivity contribution >= 4 is 27.3 Å².